The van der Waals surface area contributed by atoms with E-state index in [4.69, 9.17) is 4.74 Å². The standard InChI is InChI=1S/C17H28O4/c1-3-5-9-13(10-6-4-2)21-17(20)15-12-8-7-11-14(15)16(18)19/h8,12-15H,3-7,9-11H2,1-2H3,(H,18,19). The van der Waals surface area contributed by atoms with E-state index in [0.717, 1.165) is 44.9 Å². The minimum atomic E-state index is -0.903. The summed E-state index contributed by atoms with van der Waals surface area (Å²) in [6.45, 7) is 4.23. The van der Waals surface area contributed by atoms with Crippen LogP contribution in [0.15, 0.2) is 12.2 Å². The Bertz CT molecular complexity index is 354. The Morgan fingerprint density at radius 2 is 1.86 bits per heavy atom. The summed E-state index contributed by atoms with van der Waals surface area (Å²) in [5, 5.41) is 9.23. The maximum atomic E-state index is 12.3. The lowest BCUT2D eigenvalue weighted by molar-refractivity contribution is -0.160. The van der Waals surface area contributed by atoms with Crippen LogP contribution in [0.25, 0.3) is 0 Å². The Hall–Kier alpha value is -1.32. The topological polar surface area (TPSA) is 63.6 Å². The summed E-state index contributed by atoms with van der Waals surface area (Å²) in [6, 6.07) is 0. The lowest BCUT2D eigenvalue weighted by Gasteiger charge is -2.25. The minimum absolute atomic E-state index is 0.0674. The van der Waals surface area contributed by atoms with Gasteiger partial charge < -0.3 is 9.84 Å². The van der Waals surface area contributed by atoms with Gasteiger partial charge in [-0.3, -0.25) is 9.59 Å². The van der Waals surface area contributed by atoms with E-state index in [1.54, 1.807) is 6.08 Å². The molecule has 0 aliphatic heterocycles. The molecule has 0 spiro atoms. The van der Waals surface area contributed by atoms with Crippen LogP contribution in [-0.2, 0) is 14.3 Å². The smallest absolute Gasteiger partial charge is 0.313 e. The summed E-state index contributed by atoms with van der Waals surface area (Å²) in [5.41, 5.74) is 0. The first-order valence-corrected chi connectivity index (χ1v) is 8.20. The number of carboxylic acids is 1. The van der Waals surface area contributed by atoms with Gasteiger partial charge in [-0.15, -0.1) is 0 Å². The van der Waals surface area contributed by atoms with Gasteiger partial charge in [0.15, 0.2) is 0 Å². The maximum absolute atomic E-state index is 12.3. The predicted octanol–water partition coefficient (Wildman–Crippen LogP) is 3.95. The molecule has 2 atom stereocenters. The second-order valence-corrected chi connectivity index (χ2v) is 5.82. The zero-order valence-corrected chi connectivity index (χ0v) is 13.2. The molecule has 0 heterocycles. The van der Waals surface area contributed by atoms with E-state index in [2.05, 4.69) is 13.8 Å². The van der Waals surface area contributed by atoms with Crippen molar-refractivity contribution in [3.8, 4) is 0 Å². The number of allylic oxidation sites excluding steroid dienone is 1. The monoisotopic (exact) mass is 296 g/mol. The Kier molecular flexibility index (Phi) is 8.09. The van der Waals surface area contributed by atoms with Gasteiger partial charge >= 0.3 is 11.9 Å². The van der Waals surface area contributed by atoms with Crippen molar-refractivity contribution in [2.45, 2.75) is 71.3 Å². The summed E-state index contributed by atoms with van der Waals surface area (Å²) < 4.78 is 5.62. The first-order valence-electron chi connectivity index (χ1n) is 8.20. The molecule has 0 aromatic rings. The van der Waals surface area contributed by atoms with Gasteiger partial charge in [0.25, 0.3) is 0 Å². The Labute approximate surface area is 127 Å². The minimum Gasteiger partial charge on any atom is -0.481 e. The molecule has 0 aromatic heterocycles. The number of rotatable bonds is 9. The number of ether oxygens (including phenoxy) is 1. The molecule has 0 saturated heterocycles. The average Bonchev–Trinajstić information content (AvgIpc) is 2.49. The van der Waals surface area contributed by atoms with Gasteiger partial charge in [-0.05, 0) is 25.7 Å². The van der Waals surface area contributed by atoms with Crippen molar-refractivity contribution in [2.75, 3.05) is 0 Å². The first kappa shape index (κ1) is 17.7. The number of hydrogen-bond acceptors (Lipinski definition) is 3. The molecule has 4 nitrogen and oxygen atoms in total. The third-order valence-corrected chi connectivity index (χ3v) is 4.05. The van der Waals surface area contributed by atoms with Crippen LogP contribution >= 0.6 is 0 Å². The molecular weight excluding hydrogens is 268 g/mol. The average molecular weight is 296 g/mol. The number of esters is 1. The lowest BCUT2D eigenvalue weighted by Crippen LogP contribution is -2.33. The highest BCUT2D eigenvalue weighted by atomic mass is 16.5. The van der Waals surface area contributed by atoms with Crippen LogP contribution < -0.4 is 0 Å². The Balaban J connectivity index is 2.63. The van der Waals surface area contributed by atoms with E-state index in [1.807, 2.05) is 6.08 Å². The quantitative estimate of drug-likeness (QED) is 0.517. The van der Waals surface area contributed by atoms with Crippen LogP contribution in [0.3, 0.4) is 0 Å². The normalized spacial score (nSPS) is 21.5. The van der Waals surface area contributed by atoms with Crippen LogP contribution in [0.5, 0.6) is 0 Å². The van der Waals surface area contributed by atoms with Crippen molar-refractivity contribution in [1.82, 2.24) is 0 Å². The third kappa shape index (κ3) is 5.90. The van der Waals surface area contributed by atoms with E-state index < -0.39 is 17.8 Å². The summed E-state index contributed by atoms with van der Waals surface area (Å²) in [5.74, 6) is -2.53. The fourth-order valence-corrected chi connectivity index (χ4v) is 2.72. The van der Waals surface area contributed by atoms with Gasteiger partial charge in [0.2, 0.25) is 0 Å². The van der Waals surface area contributed by atoms with Crippen LogP contribution in [-0.4, -0.2) is 23.1 Å². The summed E-state index contributed by atoms with van der Waals surface area (Å²) in [7, 11) is 0. The van der Waals surface area contributed by atoms with E-state index >= 15 is 0 Å². The molecule has 4 heteroatoms. The van der Waals surface area contributed by atoms with E-state index in [9.17, 15) is 14.7 Å². The van der Waals surface area contributed by atoms with E-state index in [1.165, 1.54) is 0 Å². The highest BCUT2D eigenvalue weighted by molar-refractivity contribution is 5.83. The number of aliphatic carboxylic acids is 1. The van der Waals surface area contributed by atoms with Gasteiger partial charge in [0.05, 0.1) is 11.8 Å². The number of carboxylic acid groups (broad SMARTS) is 1. The van der Waals surface area contributed by atoms with Crippen molar-refractivity contribution >= 4 is 11.9 Å². The SMILES string of the molecule is CCCCC(CCCC)OC(=O)C1C=CCCC1C(=O)O. The van der Waals surface area contributed by atoms with Crippen molar-refractivity contribution < 1.29 is 19.4 Å². The van der Waals surface area contributed by atoms with Crippen molar-refractivity contribution in [1.29, 1.82) is 0 Å². The molecule has 1 aliphatic rings. The number of hydrogen-bond donors (Lipinski definition) is 1. The Morgan fingerprint density at radius 1 is 1.24 bits per heavy atom. The fourth-order valence-electron chi connectivity index (χ4n) is 2.72. The highest BCUT2D eigenvalue weighted by Crippen LogP contribution is 2.27. The molecule has 2 unspecified atom stereocenters. The van der Waals surface area contributed by atoms with Crippen molar-refractivity contribution in [2.24, 2.45) is 11.8 Å². The molecule has 0 bridgehead atoms. The van der Waals surface area contributed by atoms with Crippen LogP contribution in [0.1, 0.15) is 65.2 Å². The molecule has 0 saturated carbocycles. The molecule has 1 aliphatic carbocycles. The maximum Gasteiger partial charge on any atom is 0.313 e. The van der Waals surface area contributed by atoms with Gasteiger partial charge in [-0.2, -0.15) is 0 Å². The second kappa shape index (κ2) is 9.59. The van der Waals surface area contributed by atoms with Crippen molar-refractivity contribution in [3.63, 3.8) is 0 Å². The molecule has 120 valence electrons. The zero-order valence-electron chi connectivity index (χ0n) is 13.2. The molecule has 0 aromatic carbocycles. The molecule has 1 N–H and O–H groups in total. The Morgan fingerprint density at radius 3 is 2.38 bits per heavy atom. The van der Waals surface area contributed by atoms with Gasteiger partial charge in [-0.25, -0.2) is 0 Å². The van der Waals surface area contributed by atoms with Crippen LogP contribution in [0, 0.1) is 11.8 Å². The van der Waals surface area contributed by atoms with Gasteiger partial charge in [0, 0.05) is 0 Å². The highest BCUT2D eigenvalue weighted by Gasteiger charge is 2.35. The predicted molar refractivity (Wildman–Crippen MR) is 81.9 cm³/mol. The van der Waals surface area contributed by atoms with Gasteiger partial charge in [-0.1, -0.05) is 51.7 Å². The molecule has 0 radical (unpaired) electrons. The lowest BCUT2D eigenvalue weighted by atomic mass is 9.84. The molecule has 0 amide bonds. The molecule has 1 rings (SSSR count). The summed E-state index contributed by atoms with van der Waals surface area (Å²) in [4.78, 5) is 23.6. The largest absolute Gasteiger partial charge is 0.481 e. The second-order valence-electron chi connectivity index (χ2n) is 5.82. The van der Waals surface area contributed by atoms with Crippen molar-refractivity contribution in [3.05, 3.63) is 12.2 Å². The van der Waals surface area contributed by atoms with E-state index in [-0.39, 0.29) is 12.1 Å². The van der Waals surface area contributed by atoms with Gasteiger partial charge in [0.1, 0.15) is 6.10 Å². The first-order chi connectivity index (χ1) is 10.1. The zero-order chi connectivity index (χ0) is 15.7. The third-order valence-electron chi connectivity index (χ3n) is 4.05. The summed E-state index contributed by atoms with van der Waals surface area (Å²) in [6.07, 6.45) is 10.7. The molecule has 21 heavy (non-hydrogen) atoms. The number of carbonyl (C=O) groups is 2. The molecular formula is C17H28O4. The summed E-state index contributed by atoms with van der Waals surface area (Å²) >= 11 is 0. The van der Waals surface area contributed by atoms with Crippen LogP contribution in [0.2, 0.25) is 0 Å². The molecule has 0 fully saturated rings. The number of unbranched alkanes of at least 4 members (excludes halogenated alkanes) is 2. The van der Waals surface area contributed by atoms with Crippen LogP contribution in [0.4, 0.5) is 0 Å². The van der Waals surface area contributed by atoms with E-state index in [0.29, 0.717) is 6.42 Å². The fraction of sp³-hybridized carbons (Fsp3) is 0.765. The number of carbonyl (C=O) groups excluding carboxylic acids is 1.